The Kier molecular flexibility index (Phi) is 5.80. The minimum Gasteiger partial charge on any atom is -0.465 e. The fraction of sp³-hybridized carbons (Fsp3) is 0.174. The smallest absolute Gasteiger partial charge is 0.313 e. The Balaban J connectivity index is 1.63. The van der Waals surface area contributed by atoms with E-state index in [4.69, 9.17) is 4.74 Å². The summed E-state index contributed by atoms with van der Waals surface area (Å²) in [6, 6.07) is 24.1. The molecule has 0 bridgehead atoms. The van der Waals surface area contributed by atoms with Gasteiger partial charge in [-0.2, -0.15) is 0 Å². The van der Waals surface area contributed by atoms with Gasteiger partial charge in [-0.3, -0.25) is 4.79 Å². The molecule has 3 aromatic carbocycles. The van der Waals surface area contributed by atoms with E-state index < -0.39 is 5.92 Å². The molecule has 0 aliphatic heterocycles. The van der Waals surface area contributed by atoms with Gasteiger partial charge in [0.05, 0.1) is 12.5 Å². The molecule has 1 unspecified atom stereocenters. The van der Waals surface area contributed by atoms with Gasteiger partial charge in [-0.25, -0.2) is 4.39 Å². The van der Waals surface area contributed by atoms with Crippen LogP contribution in [-0.2, 0) is 16.0 Å². The first-order valence-corrected chi connectivity index (χ1v) is 8.70. The molecule has 0 fully saturated rings. The quantitative estimate of drug-likeness (QED) is 0.559. The van der Waals surface area contributed by atoms with Crippen LogP contribution >= 0.6 is 0 Å². The highest BCUT2D eigenvalue weighted by Crippen LogP contribution is 2.26. The maximum Gasteiger partial charge on any atom is 0.313 e. The minimum atomic E-state index is -0.509. The average molecular weight is 348 g/mol. The van der Waals surface area contributed by atoms with Gasteiger partial charge in [-0.05, 0) is 29.7 Å². The van der Waals surface area contributed by atoms with Crippen LogP contribution in [-0.4, -0.2) is 12.6 Å². The fourth-order valence-corrected chi connectivity index (χ4v) is 2.83. The molecule has 0 saturated carbocycles. The summed E-state index contributed by atoms with van der Waals surface area (Å²) >= 11 is 0. The van der Waals surface area contributed by atoms with E-state index in [2.05, 4.69) is 0 Å². The normalized spacial score (nSPS) is 11.8. The van der Waals surface area contributed by atoms with Crippen LogP contribution in [0.2, 0.25) is 0 Å². The van der Waals surface area contributed by atoms with Crippen molar-refractivity contribution in [2.24, 2.45) is 0 Å². The lowest BCUT2D eigenvalue weighted by Gasteiger charge is -2.13. The number of hydrogen-bond donors (Lipinski definition) is 0. The van der Waals surface area contributed by atoms with Gasteiger partial charge in [0, 0.05) is 12.0 Å². The summed E-state index contributed by atoms with van der Waals surface area (Å²) < 4.78 is 19.8. The van der Waals surface area contributed by atoms with Gasteiger partial charge < -0.3 is 4.74 Å². The zero-order chi connectivity index (χ0) is 18.4. The first-order valence-electron chi connectivity index (χ1n) is 8.70. The molecular formula is C23H21FO2. The highest BCUT2D eigenvalue weighted by molar-refractivity contribution is 5.78. The van der Waals surface area contributed by atoms with Crippen LogP contribution in [0.15, 0.2) is 78.9 Å². The molecule has 0 radical (unpaired) electrons. The van der Waals surface area contributed by atoms with Crippen LogP contribution in [0, 0.1) is 5.82 Å². The van der Waals surface area contributed by atoms with Crippen LogP contribution in [0.1, 0.15) is 24.0 Å². The standard InChI is InChI=1S/C23H21FO2/c1-17(23(25)26-15-14-18-8-4-2-5-9-18)20-12-13-21(22(24)16-20)19-10-6-3-7-11-19/h2-13,16-17H,14-15H2,1H3. The van der Waals surface area contributed by atoms with Crippen LogP contribution < -0.4 is 0 Å². The average Bonchev–Trinajstić information content (AvgIpc) is 2.68. The molecule has 3 aromatic rings. The Hall–Kier alpha value is -2.94. The van der Waals surface area contributed by atoms with Gasteiger partial charge in [0.15, 0.2) is 0 Å². The Morgan fingerprint density at radius 3 is 2.27 bits per heavy atom. The Morgan fingerprint density at radius 1 is 0.962 bits per heavy atom. The Bertz CT molecular complexity index is 860. The number of esters is 1. The van der Waals surface area contributed by atoms with Crippen molar-refractivity contribution in [1.82, 2.24) is 0 Å². The third-order valence-corrected chi connectivity index (χ3v) is 4.41. The number of benzene rings is 3. The Morgan fingerprint density at radius 2 is 1.62 bits per heavy atom. The molecule has 2 nitrogen and oxygen atoms in total. The van der Waals surface area contributed by atoms with E-state index in [-0.39, 0.29) is 11.8 Å². The lowest BCUT2D eigenvalue weighted by Crippen LogP contribution is -2.15. The van der Waals surface area contributed by atoms with E-state index in [0.29, 0.717) is 24.2 Å². The van der Waals surface area contributed by atoms with Crippen molar-refractivity contribution >= 4 is 5.97 Å². The molecule has 3 rings (SSSR count). The maximum atomic E-state index is 14.5. The summed E-state index contributed by atoms with van der Waals surface area (Å²) in [6.45, 7) is 2.06. The highest BCUT2D eigenvalue weighted by atomic mass is 19.1. The summed E-state index contributed by atoms with van der Waals surface area (Å²) in [4.78, 5) is 12.3. The van der Waals surface area contributed by atoms with Crippen LogP contribution in [0.25, 0.3) is 11.1 Å². The van der Waals surface area contributed by atoms with Crippen molar-refractivity contribution in [2.45, 2.75) is 19.3 Å². The lowest BCUT2D eigenvalue weighted by molar-refractivity contribution is -0.144. The van der Waals surface area contributed by atoms with Crippen molar-refractivity contribution in [3.8, 4) is 11.1 Å². The maximum absolute atomic E-state index is 14.5. The van der Waals surface area contributed by atoms with E-state index in [9.17, 15) is 9.18 Å². The SMILES string of the molecule is CC(C(=O)OCCc1ccccc1)c1ccc(-c2ccccc2)c(F)c1. The number of halogens is 1. The molecule has 26 heavy (non-hydrogen) atoms. The zero-order valence-corrected chi connectivity index (χ0v) is 14.7. The van der Waals surface area contributed by atoms with Crippen LogP contribution in [0.5, 0.6) is 0 Å². The van der Waals surface area contributed by atoms with E-state index in [0.717, 1.165) is 11.1 Å². The first-order chi connectivity index (χ1) is 12.6. The van der Waals surface area contributed by atoms with Crippen LogP contribution in [0.3, 0.4) is 0 Å². The van der Waals surface area contributed by atoms with E-state index in [1.807, 2.05) is 60.7 Å². The lowest BCUT2D eigenvalue weighted by atomic mass is 9.97. The second-order valence-corrected chi connectivity index (χ2v) is 6.23. The second-order valence-electron chi connectivity index (χ2n) is 6.23. The number of carbonyl (C=O) groups is 1. The van der Waals surface area contributed by atoms with Gasteiger partial charge in [0.2, 0.25) is 0 Å². The zero-order valence-electron chi connectivity index (χ0n) is 14.7. The van der Waals surface area contributed by atoms with Gasteiger partial charge in [-0.15, -0.1) is 0 Å². The van der Waals surface area contributed by atoms with Crippen LogP contribution in [0.4, 0.5) is 4.39 Å². The third kappa shape index (κ3) is 4.37. The van der Waals surface area contributed by atoms with E-state index >= 15 is 0 Å². The molecule has 0 N–H and O–H groups in total. The largest absolute Gasteiger partial charge is 0.465 e. The molecule has 0 aliphatic carbocycles. The number of rotatable bonds is 6. The van der Waals surface area contributed by atoms with E-state index in [1.165, 1.54) is 6.07 Å². The molecule has 0 aromatic heterocycles. The number of carbonyl (C=O) groups excluding carboxylic acids is 1. The third-order valence-electron chi connectivity index (χ3n) is 4.41. The van der Waals surface area contributed by atoms with Gasteiger partial charge in [-0.1, -0.05) is 72.8 Å². The molecule has 0 aliphatic rings. The summed E-state index contributed by atoms with van der Waals surface area (Å²) in [5.41, 5.74) is 3.08. The molecule has 0 saturated heterocycles. The van der Waals surface area contributed by atoms with Gasteiger partial charge >= 0.3 is 5.97 Å². The molecule has 1 atom stereocenters. The molecule has 0 heterocycles. The fourth-order valence-electron chi connectivity index (χ4n) is 2.83. The van der Waals surface area contributed by atoms with Crippen molar-refractivity contribution in [3.05, 3.63) is 95.8 Å². The number of hydrogen-bond acceptors (Lipinski definition) is 2. The molecule has 0 amide bonds. The highest BCUT2D eigenvalue weighted by Gasteiger charge is 2.18. The monoisotopic (exact) mass is 348 g/mol. The van der Waals surface area contributed by atoms with Crippen molar-refractivity contribution in [2.75, 3.05) is 6.61 Å². The van der Waals surface area contributed by atoms with Gasteiger partial charge in [0.25, 0.3) is 0 Å². The summed E-state index contributed by atoms with van der Waals surface area (Å²) in [7, 11) is 0. The van der Waals surface area contributed by atoms with Gasteiger partial charge in [0.1, 0.15) is 5.82 Å². The molecule has 132 valence electrons. The minimum absolute atomic E-state index is 0.317. The second kappa shape index (κ2) is 8.43. The van der Waals surface area contributed by atoms with Crippen molar-refractivity contribution in [3.63, 3.8) is 0 Å². The van der Waals surface area contributed by atoms with E-state index in [1.54, 1.807) is 19.1 Å². The summed E-state index contributed by atoms with van der Waals surface area (Å²) in [5.74, 6) is -1.18. The summed E-state index contributed by atoms with van der Waals surface area (Å²) in [6.07, 6.45) is 0.667. The van der Waals surface area contributed by atoms with Crippen molar-refractivity contribution in [1.29, 1.82) is 0 Å². The van der Waals surface area contributed by atoms with Crippen molar-refractivity contribution < 1.29 is 13.9 Å². The molecule has 0 spiro atoms. The topological polar surface area (TPSA) is 26.3 Å². The summed E-state index contributed by atoms with van der Waals surface area (Å²) in [5, 5.41) is 0. The molecule has 3 heteroatoms. The first kappa shape index (κ1) is 17.9. The predicted octanol–water partition coefficient (Wildman–Crippen LogP) is 5.38. The predicted molar refractivity (Wildman–Crippen MR) is 101 cm³/mol. The number of ether oxygens (including phenoxy) is 1. The molecular weight excluding hydrogens is 327 g/mol. The Labute approximate surface area is 153 Å².